The van der Waals surface area contributed by atoms with Gasteiger partial charge < -0.3 is 15.2 Å². The van der Waals surface area contributed by atoms with Gasteiger partial charge in [0.1, 0.15) is 0 Å². The number of aromatic hydroxyl groups is 1. The standard InChI is InChI=1S/C18H15ClN2O3S/c1-10-3-5-12(19)9-13(10)20-18-21-17(23)16(25-18)8-11-4-6-14(22)15(7-11)24-2/h3-9,22H,1-2H3,(H,20,21,23)/b16-8-. The summed E-state index contributed by atoms with van der Waals surface area (Å²) in [5, 5.41) is 13.5. The van der Waals surface area contributed by atoms with E-state index in [0.717, 1.165) is 11.1 Å². The van der Waals surface area contributed by atoms with Crippen molar-refractivity contribution in [3.8, 4) is 11.5 Å². The van der Waals surface area contributed by atoms with Gasteiger partial charge >= 0.3 is 0 Å². The molecule has 2 aromatic rings. The lowest BCUT2D eigenvalue weighted by Crippen LogP contribution is -2.19. The summed E-state index contributed by atoms with van der Waals surface area (Å²) in [6.07, 6.45) is 1.72. The lowest BCUT2D eigenvalue weighted by molar-refractivity contribution is -0.115. The van der Waals surface area contributed by atoms with Crippen molar-refractivity contribution in [2.45, 2.75) is 6.92 Å². The quantitative estimate of drug-likeness (QED) is 0.788. The van der Waals surface area contributed by atoms with Gasteiger partial charge in [0, 0.05) is 5.02 Å². The summed E-state index contributed by atoms with van der Waals surface area (Å²) in [6.45, 7) is 1.93. The lowest BCUT2D eigenvalue weighted by Gasteiger charge is -2.04. The first kappa shape index (κ1) is 17.4. The molecule has 0 radical (unpaired) electrons. The van der Waals surface area contributed by atoms with Crippen LogP contribution >= 0.6 is 23.4 Å². The van der Waals surface area contributed by atoms with Crippen LogP contribution in [-0.4, -0.2) is 23.3 Å². The third-order valence-electron chi connectivity index (χ3n) is 3.55. The van der Waals surface area contributed by atoms with Gasteiger partial charge in [0.15, 0.2) is 16.7 Å². The van der Waals surface area contributed by atoms with Crippen LogP contribution in [0.5, 0.6) is 11.5 Å². The number of rotatable bonds is 3. The van der Waals surface area contributed by atoms with Crippen LogP contribution in [0.3, 0.4) is 0 Å². The SMILES string of the molecule is COc1cc(/C=C2\SC(=Nc3cc(Cl)ccc3C)NC2=O)ccc1O. The number of hydrogen-bond donors (Lipinski definition) is 2. The lowest BCUT2D eigenvalue weighted by atomic mass is 10.2. The number of hydrogen-bond acceptors (Lipinski definition) is 5. The van der Waals surface area contributed by atoms with Crippen LogP contribution in [0.1, 0.15) is 11.1 Å². The topological polar surface area (TPSA) is 70.9 Å². The zero-order valence-electron chi connectivity index (χ0n) is 13.5. The van der Waals surface area contributed by atoms with E-state index in [1.54, 1.807) is 30.3 Å². The number of benzene rings is 2. The molecule has 1 fully saturated rings. The van der Waals surface area contributed by atoms with Crippen LogP contribution in [0.2, 0.25) is 5.02 Å². The maximum absolute atomic E-state index is 12.2. The second-order valence-electron chi connectivity index (χ2n) is 5.34. The molecule has 0 unspecified atom stereocenters. The molecule has 1 heterocycles. The average molecular weight is 375 g/mol. The molecule has 1 amide bonds. The number of amidine groups is 1. The number of nitrogens with one attached hydrogen (secondary N) is 1. The van der Waals surface area contributed by atoms with E-state index < -0.39 is 0 Å². The number of phenolic OH excluding ortho intramolecular Hbond substituents is 1. The van der Waals surface area contributed by atoms with Crippen LogP contribution in [0.25, 0.3) is 6.08 Å². The summed E-state index contributed by atoms with van der Waals surface area (Å²) >= 11 is 7.25. The molecule has 0 saturated carbocycles. The number of amides is 1. The Morgan fingerprint density at radius 1 is 1.28 bits per heavy atom. The van der Waals surface area contributed by atoms with E-state index in [4.69, 9.17) is 16.3 Å². The highest BCUT2D eigenvalue weighted by Gasteiger charge is 2.24. The smallest absolute Gasteiger partial charge is 0.264 e. The van der Waals surface area contributed by atoms with Crippen LogP contribution in [0, 0.1) is 6.92 Å². The molecule has 1 aliphatic rings. The summed E-state index contributed by atoms with van der Waals surface area (Å²) in [4.78, 5) is 17.1. The Morgan fingerprint density at radius 2 is 2.08 bits per heavy atom. The number of carbonyl (C=O) groups excluding carboxylic acids is 1. The van der Waals surface area contributed by atoms with Gasteiger partial charge in [0.2, 0.25) is 0 Å². The molecule has 0 spiro atoms. The van der Waals surface area contributed by atoms with Crippen LogP contribution in [0.15, 0.2) is 46.3 Å². The molecule has 5 nitrogen and oxygen atoms in total. The molecule has 128 valence electrons. The molecule has 0 bridgehead atoms. The number of thioether (sulfide) groups is 1. The van der Waals surface area contributed by atoms with Gasteiger partial charge in [0.05, 0.1) is 17.7 Å². The maximum Gasteiger partial charge on any atom is 0.264 e. The van der Waals surface area contributed by atoms with E-state index in [0.29, 0.717) is 26.5 Å². The predicted octanol–water partition coefficient (Wildman–Crippen LogP) is 4.25. The van der Waals surface area contributed by atoms with E-state index in [1.807, 2.05) is 13.0 Å². The van der Waals surface area contributed by atoms with Crippen LogP contribution in [-0.2, 0) is 4.79 Å². The monoisotopic (exact) mass is 374 g/mol. The summed E-state index contributed by atoms with van der Waals surface area (Å²) in [5.74, 6) is 0.170. The Bertz CT molecular complexity index is 909. The highest BCUT2D eigenvalue weighted by atomic mass is 35.5. The summed E-state index contributed by atoms with van der Waals surface area (Å²) in [6, 6.07) is 10.3. The first-order valence-electron chi connectivity index (χ1n) is 7.39. The van der Waals surface area contributed by atoms with Crippen LogP contribution in [0.4, 0.5) is 5.69 Å². The fourth-order valence-corrected chi connectivity index (χ4v) is 3.23. The van der Waals surface area contributed by atoms with E-state index in [9.17, 15) is 9.90 Å². The van der Waals surface area contributed by atoms with E-state index >= 15 is 0 Å². The largest absolute Gasteiger partial charge is 0.504 e. The second kappa shape index (κ2) is 7.21. The van der Waals surface area contributed by atoms with Gasteiger partial charge in [-0.2, -0.15) is 0 Å². The third kappa shape index (κ3) is 3.97. The first-order chi connectivity index (χ1) is 12.0. The van der Waals surface area contributed by atoms with Gasteiger partial charge in [-0.3, -0.25) is 4.79 Å². The summed E-state index contributed by atoms with van der Waals surface area (Å²) < 4.78 is 5.08. The minimum atomic E-state index is -0.226. The molecule has 2 N–H and O–H groups in total. The number of methoxy groups -OCH3 is 1. The number of aliphatic imine (C=N–C) groups is 1. The third-order valence-corrected chi connectivity index (χ3v) is 4.69. The molecule has 0 aromatic heterocycles. The Hall–Kier alpha value is -2.44. The average Bonchev–Trinajstić information content (AvgIpc) is 2.92. The fraction of sp³-hybridized carbons (Fsp3) is 0.111. The highest BCUT2D eigenvalue weighted by Crippen LogP contribution is 2.32. The molecule has 1 saturated heterocycles. The summed E-state index contributed by atoms with van der Waals surface area (Å²) in [7, 11) is 1.47. The van der Waals surface area contributed by atoms with Crippen LogP contribution < -0.4 is 10.1 Å². The van der Waals surface area contributed by atoms with Crippen molar-refractivity contribution in [3.05, 3.63) is 57.5 Å². The Kier molecular flexibility index (Phi) is 5.01. The molecule has 0 aliphatic carbocycles. The van der Waals surface area contributed by atoms with Gasteiger partial charge in [-0.25, -0.2) is 4.99 Å². The van der Waals surface area contributed by atoms with Gasteiger partial charge in [-0.15, -0.1) is 0 Å². The Morgan fingerprint density at radius 3 is 2.84 bits per heavy atom. The predicted molar refractivity (Wildman–Crippen MR) is 102 cm³/mol. The highest BCUT2D eigenvalue weighted by molar-refractivity contribution is 8.18. The minimum absolute atomic E-state index is 0.0480. The van der Waals surface area contributed by atoms with Crippen molar-refractivity contribution in [2.75, 3.05) is 7.11 Å². The number of ether oxygens (including phenoxy) is 1. The molecule has 3 rings (SSSR count). The number of aryl methyl sites for hydroxylation is 1. The van der Waals surface area contributed by atoms with Crippen molar-refractivity contribution in [1.82, 2.24) is 5.32 Å². The molecular formula is C18H15ClN2O3S. The molecule has 25 heavy (non-hydrogen) atoms. The van der Waals surface area contributed by atoms with Gasteiger partial charge in [0.25, 0.3) is 5.91 Å². The molecule has 7 heteroatoms. The van der Waals surface area contributed by atoms with Crippen molar-refractivity contribution < 1.29 is 14.6 Å². The summed E-state index contributed by atoms with van der Waals surface area (Å²) in [5.41, 5.74) is 2.42. The van der Waals surface area contributed by atoms with E-state index in [1.165, 1.54) is 24.9 Å². The Labute approximate surface area is 154 Å². The zero-order chi connectivity index (χ0) is 18.0. The number of phenols is 1. The van der Waals surface area contributed by atoms with Crippen molar-refractivity contribution in [1.29, 1.82) is 0 Å². The minimum Gasteiger partial charge on any atom is -0.504 e. The zero-order valence-corrected chi connectivity index (χ0v) is 15.1. The fourth-order valence-electron chi connectivity index (χ4n) is 2.23. The molecular weight excluding hydrogens is 360 g/mol. The van der Waals surface area contributed by atoms with Crippen molar-refractivity contribution in [2.24, 2.45) is 4.99 Å². The number of nitrogens with zero attached hydrogens (tertiary/aromatic N) is 1. The molecule has 0 atom stereocenters. The number of halogens is 1. The second-order valence-corrected chi connectivity index (χ2v) is 6.81. The normalized spacial score (nSPS) is 17.2. The van der Waals surface area contributed by atoms with E-state index in [2.05, 4.69) is 10.3 Å². The van der Waals surface area contributed by atoms with Gasteiger partial charge in [-0.05, 0) is 60.2 Å². The van der Waals surface area contributed by atoms with Crippen molar-refractivity contribution >= 4 is 46.2 Å². The van der Waals surface area contributed by atoms with Gasteiger partial charge in [-0.1, -0.05) is 23.7 Å². The van der Waals surface area contributed by atoms with E-state index in [-0.39, 0.29) is 11.7 Å². The first-order valence-corrected chi connectivity index (χ1v) is 8.58. The molecule has 1 aliphatic heterocycles. The Balaban J connectivity index is 1.87. The number of carbonyl (C=O) groups is 1. The maximum atomic E-state index is 12.2. The van der Waals surface area contributed by atoms with Crippen molar-refractivity contribution in [3.63, 3.8) is 0 Å². The molecule has 2 aromatic carbocycles.